The summed E-state index contributed by atoms with van der Waals surface area (Å²) in [6.45, 7) is 0. The number of fused-ring (bicyclic) bond motifs is 11. The zero-order valence-electron chi connectivity index (χ0n) is 29.9. The summed E-state index contributed by atoms with van der Waals surface area (Å²) in [6.07, 6.45) is 0. The Balaban J connectivity index is 1.14. The third-order valence-corrected chi connectivity index (χ3v) is 12.2. The van der Waals surface area contributed by atoms with Gasteiger partial charge in [-0.3, -0.25) is 0 Å². The minimum absolute atomic E-state index is 0.597. The number of hydrogen-bond acceptors (Lipinski definition) is 5. The van der Waals surface area contributed by atoms with Gasteiger partial charge < -0.3 is 4.42 Å². The van der Waals surface area contributed by atoms with Gasteiger partial charge in [-0.1, -0.05) is 140 Å². The predicted molar refractivity (Wildman–Crippen MR) is 234 cm³/mol. The number of hydrogen-bond donors (Lipinski definition) is 0. The highest BCUT2D eigenvalue weighted by molar-refractivity contribution is 7.25. The van der Waals surface area contributed by atoms with Gasteiger partial charge >= 0.3 is 0 Å². The lowest BCUT2D eigenvalue weighted by molar-refractivity contribution is 0.669. The maximum Gasteiger partial charge on any atom is 0.164 e. The first-order valence-electron chi connectivity index (χ1n) is 18.8. The van der Waals surface area contributed by atoms with Crippen LogP contribution in [-0.2, 0) is 0 Å². The molecule has 4 nitrogen and oxygen atoms in total. The zero-order chi connectivity index (χ0) is 36.7. The van der Waals surface area contributed by atoms with E-state index in [-0.39, 0.29) is 0 Å². The summed E-state index contributed by atoms with van der Waals surface area (Å²) in [5.41, 5.74) is 6.51. The molecule has 0 aliphatic carbocycles. The number of thiophene rings is 1. The molecule has 12 aromatic rings. The molecule has 0 fully saturated rings. The Morgan fingerprint density at radius 2 is 0.964 bits per heavy atom. The van der Waals surface area contributed by atoms with Crippen molar-refractivity contribution in [2.45, 2.75) is 0 Å². The van der Waals surface area contributed by atoms with Gasteiger partial charge in [-0.2, -0.15) is 0 Å². The van der Waals surface area contributed by atoms with Crippen molar-refractivity contribution in [3.05, 3.63) is 176 Å². The largest absolute Gasteiger partial charge is 0.456 e. The van der Waals surface area contributed by atoms with Crippen LogP contribution in [0.4, 0.5) is 0 Å². The molecule has 260 valence electrons. The van der Waals surface area contributed by atoms with E-state index in [4.69, 9.17) is 19.4 Å². The number of furan rings is 1. The number of aromatic nitrogens is 3. The van der Waals surface area contributed by atoms with Crippen LogP contribution in [0.25, 0.3) is 120 Å². The standard InChI is InChI=1S/C51H29N3OS/c1-2-12-32(13-3-1)49-52-50(35-21-24-41-40-16-8-9-17-45(40)56-46(41)29-35)54-51(53-49)42-27-36(33-20-23-38-34(26-33)19-18-30-10-4-6-14-37(30)38)28-44-48(42)47-39-15-7-5-11-31(39)22-25-43(47)55-44/h1-29H. The minimum Gasteiger partial charge on any atom is -0.456 e. The van der Waals surface area contributed by atoms with Crippen molar-refractivity contribution in [3.8, 4) is 45.3 Å². The summed E-state index contributed by atoms with van der Waals surface area (Å²) in [4.78, 5) is 15.7. The highest BCUT2D eigenvalue weighted by Gasteiger charge is 2.21. The van der Waals surface area contributed by atoms with Crippen LogP contribution in [0.1, 0.15) is 0 Å². The molecule has 3 aromatic heterocycles. The Hall–Kier alpha value is -7.21. The van der Waals surface area contributed by atoms with E-state index in [1.807, 2.05) is 18.2 Å². The van der Waals surface area contributed by atoms with Crippen LogP contribution in [0, 0.1) is 0 Å². The smallest absolute Gasteiger partial charge is 0.164 e. The van der Waals surface area contributed by atoms with Gasteiger partial charge in [0.1, 0.15) is 11.2 Å². The van der Waals surface area contributed by atoms with E-state index in [9.17, 15) is 0 Å². The molecule has 0 amide bonds. The second-order valence-corrected chi connectivity index (χ2v) is 15.4. The Kier molecular flexibility index (Phi) is 6.76. The van der Waals surface area contributed by atoms with Crippen molar-refractivity contribution in [1.29, 1.82) is 0 Å². The molecule has 0 atom stereocenters. The number of rotatable bonds is 4. The second kappa shape index (κ2) is 12.2. The Morgan fingerprint density at radius 3 is 1.84 bits per heavy atom. The Bertz CT molecular complexity index is 3550. The third-order valence-electron chi connectivity index (χ3n) is 11.1. The highest BCUT2D eigenvalue weighted by Crippen LogP contribution is 2.43. The van der Waals surface area contributed by atoms with Crippen molar-refractivity contribution in [1.82, 2.24) is 15.0 Å². The topological polar surface area (TPSA) is 51.8 Å². The van der Waals surface area contributed by atoms with E-state index in [0.717, 1.165) is 60.5 Å². The van der Waals surface area contributed by atoms with Crippen molar-refractivity contribution in [2.75, 3.05) is 0 Å². The predicted octanol–water partition coefficient (Wildman–Crippen LogP) is 14.3. The average molecular weight is 732 g/mol. The lowest BCUT2D eigenvalue weighted by Gasteiger charge is -2.12. The maximum atomic E-state index is 6.77. The van der Waals surface area contributed by atoms with Crippen molar-refractivity contribution in [3.63, 3.8) is 0 Å². The van der Waals surface area contributed by atoms with Crippen LogP contribution in [0.5, 0.6) is 0 Å². The van der Waals surface area contributed by atoms with Crippen molar-refractivity contribution < 1.29 is 4.42 Å². The molecule has 0 saturated carbocycles. The van der Waals surface area contributed by atoms with Gasteiger partial charge in [0.25, 0.3) is 0 Å². The summed E-state index contributed by atoms with van der Waals surface area (Å²) in [5, 5.41) is 11.7. The molecule has 0 N–H and O–H groups in total. The van der Waals surface area contributed by atoms with Gasteiger partial charge in [0, 0.05) is 47.6 Å². The molecule has 0 aliphatic rings. The van der Waals surface area contributed by atoms with Crippen LogP contribution in [-0.4, -0.2) is 15.0 Å². The van der Waals surface area contributed by atoms with Gasteiger partial charge in [0.05, 0.1) is 0 Å². The fourth-order valence-corrected chi connectivity index (χ4v) is 9.55. The van der Waals surface area contributed by atoms with Crippen LogP contribution < -0.4 is 0 Å². The van der Waals surface area contributed by atoms with Gasteiger partial charge in [-0.25, -0.2) is 15.0 Å². The van der Waals surface area contributed by atoms with Crippen LogP contribution in [0.3, 0.4) is 0 Å². The van der Waals surface area contributed by atoms with Crippen LogP contribution in [0.2, 0.25) is 0 Å². The molecule has 0 spiro atoms. The van der Waals surface area contributed by atoms with Crippen LogP contribution >= 0.6 is 11.3 Å². The minimum atomic E-state index is 0.597. The molecule has 5 heteroatoms. The van der Waals surface area contributed by atoms with E-state index >= 15 is 0 Å². The zero-order valence-corrected chi connectivity index (χ0v) is 30.7. The summed E-state index contributed by atoms with van der Waals surface area (Å²) in [7, 11) is 0. The SMILES string of the molecule is c1ccc(-c2nc(-c3ccc4c(c3)sc3ccccc34)nc(-c3cc(-c4ccc5c(ccc6ccccc65)c4)cc4oc5ccc6ccccc6c5c34)n2)cc1. The quantitative estimate of drug-likeness (QED) is 0.169. The summed E-state index contributed by atoms with van der Waals surface area (Å²) in [5.74, 6) is 1.84. The van der Waals surface area contributed by atoms with E-state index in [1.54, 1.807) is 11.3 Å². The fraction of sp³-hybridized carbons (Fsp3) is 0. The molecule has 12 rings (SSSR count). The average Bonchev–Trinajstić information content (AvgIpc) is 3.84. The fourth-order valence-electron chi connectivity index (χ4n) is 8.41. The van der Waals surface area contributed by atoms with Gasteiger partial charge in [0.15, 0.2) is 17.5 Å². The van der Waals surface area contributed by atoms with E-state index in [2.05, 4.69) is 158 Å². The molecule has 9 aromatic carbocycles. The summed E-state index contributed by atoms with van der Waals surface area (Å²) < 4.78 is 9.23. The van der Waals surface area contributed by atoms with Gasteiger partial charge in [-0.05, 0) is 79.8 Å². The number of nitrogens with zero attached hydrogens (tertiary/aromatic N) is 3. The van der Waals surface area contributed by atoms with E-state index in [0.29, 0.717) is 17.5 Å². The first-order valence-corrected chi connectivity index (χ1v) is 19.6. The Morgan fingerprint density at radius 1 is 0.339 bits per heavy atom. The normalized spacial score (nSPS) is 11.9. The Labute approximate surface area is 325 Å². The second-order valence-electron chi connectivity index (χ2n) is 14.4. The van der Waals surface area contributed by atoms with E-state index in [1.165, 1.54) is 41.7 Å². The van der Waals surface area contributed by atoms with Gasteiger partial charge in [0.2, 0.25) is 0 Å². The lowest BCUT2D eigenvalue weighted by atomic mass is 9.94. The molecule has 0 unspecified atom stereocenters. The maximum absolute atomic E-state index is 6.77. The van der Waals surface area contributed by atoms with Crippen molar-refractivity contribution in [2.24, 2.45) is 0 Å². The molecular weight excluding hydrogens is 703 g/mol. The first-order chi connectivity index (χ1) is 27.7. The first kappa shape index (κ1) is 31.2. The lowest BCUT2D eigenvalue weighted by Crippen LogP contribution is -2.00. The third kappa shape index (κ3) is 4.88. The summed E-state index contributed by atoms with van der Waals surface area (Å²) in [6, 6.07) is 62.2. The molecule has 0 aliphatic heterocycles. The molecule has 0 saturated heterocycles. The number of benzene rings is 9. The molecule has 0 radical (unpaired) electrons. The monoisotopic (exact) mass is 731 g/mol. The van der Waals surface area contributed by atoms with Gasteiger partial charge in [-0.15, -0.1) is 11.3 Å². The van der Waals surface area contributed by atoms with Crippen LogP contribution in [0.15, 0.2) is 180 Å². The molecule has 0 bridgehead atoms. The van der Waals surface area contributed by atoms with E-state index < -0.39 is 0 Å². The molecule has 56 heavy (non-hydrogen) atoms. The highest BCUT2D eigenvalue weighted by atomic mass is 32.1. The molecule has 3 heterocycles. The summed E-state index contributed by atoms with van der Waals surface area (Å²) >= 11 is 1.79. The van der Waals surface area contributed by atoms with Crippen molar-refractivity contribution >= 4 is 85.8 Å². The molecular formula is C51H29N3OS.